The fourth-order valence-corrected chi connectivity index (χ4v) is 8.47. The van der Waals surface area contributed by atoms with Crippen molar-refractivity contribution in [3.63, 3.8) is 0 Å². The zero-order valence-corrected chi connectivity index (χ0v) is 23.0. The summed E-state index contributed by atoms with van der Waals surface area (Å²) in [6.07, 6.45) is 9.42. The molecule has 3 saturated heterocycles. The van der Waals surface area contributed by atoms with E-state index >= 15 is 0 Å². The van der Waals surface area contributed by atoms with Gasteiger partial charge in [-0.3, -0.25) is 14.4 Å². The highest BCUT2D eigenvalue weighted by atomic mass is 32.2. The fraction of sp³-hybridized carbons (Fsp3) is 0.750. The maximum absolute atomic E-state index is 14.2. The number of amides is 2. The van der Waals surface area contributed by atoms with Gasteiger partial charge in [-0.05, 0) is 38.0 Å². The number of esters is 1. The van der Waals surface area contributed by atoms with E-state index < -0.39 is 28.7 Å². The molecule has 0 saturated carbocycles. The molecule has 0 aromatic carbocycles. The number of thioether (sulfide) groups is 1. The van der Waals surface area contributed by atoms with E-state index in [0.29, 0.717) is 32.5 Å². The van der Waals surface area contributed by atoms with Gasteiger partial charge in [0.1, 0.15) is 6.04 Å². The largest absolute Gasteiger partial charge is 0.465 e. The Kier molecular flexibility index (Phi) is 10.1. The lowest BCUT2D eigenvalue weighted by Crippen LogP contribution is -2.58. The second kappa shape index (κ2) is 12.6. The molecule has 3 rings (SSSR count). The molecule has 6 atom stereocenters. The Labute approximate surface area is 220 Å². The summed E-state index contributed by atoms with van der Waals surface area (Å²) < 4.78 is 4.95. The first-order chi connectivity index (χ1) is 17.3. The maximum Gasteiger partial charge on any atom is 0.310 e. The number of allylic oxidation sites excluding steroid dienone is 1. The highest BCUT2D eigenvalue weighted by Gasteiger charge is 2.74. The number of ether oxygens (including phenoxy) is 1. The van der Waals surface area contributed by atoms with Crippen LogP contribution >= 0.6 is 11.8 Å². The number of aliphatic hydroxyl groups excluding tert-OH is 1. The second-order valence-electron chi connectivity index (χ2n) is 10.7. The number of unbranched alkanes of at least 4 members (excludes halogenated alkanes) is 3. The molecule has 3 heterocycles. The van der Waals surface area contributed by atoms with Crippen molar-refractivity contribution in [1.82, 2.24) is 9.80 Å². The average Bonchev–Trinajstić information content (AvgIpc) is 3.49. The van der Waals surface area contributed by atoms with Crippen molar-refractivity contribution >= 4 is 29.5 Å². The van der Waals surface area contributed by atoms with E-state index in [-0.39, 0.29) is 35.6 Å². The quantitative estimate of drug-likeness (QED) is 0.201. The third-order valence-corrected chi connectivity index (χ3v) is 10.00. The van der Waals surface area contributed by atoms with Crippen molar-refractivity contribution in [3.05, 3.63) is 25.3 Å². The van der Waals surface area contributed by atoms with Gasteiger partial charge < -0.3 is 19.6 Å². The van der Waals surface area contributed by atoms with Crippen LogP contribution in [-0.4, -0.2) is 81.1 Å². The standard InChI is InChI=1S/C28H44N2O5S/c1-6-9-11-16-29(15-8-3)26(33)24-28-14-13-21(36-28)22(27(34)35-17-12-10-7-2)23(28)25(32)30(24)20(18-31)19(4)5/h7-8,19-24,31H,2-3,6,9-18H2,1,4-5H3/t20-,21-,22+,23-,24?,28?/m0/s1. The SMILES string of the molecule is C=CCCCOC(=O)[C@@H]1[C@@H]2CCC3(S2)C(C(=O)N(CC=C)CCCCC)N([C@@H](CO)C(C)C)C(=O)[C@H]13. The van der Waals surface area contributed by atoms with Crippen LogP contribution in [0.15, 0.2) is 25.3 Å². The maximum atomic E-state index is 14.2. The van der Waals surface area contributed by atoms with Gasteiger partial charge in [0.2, 0.25) is 11.8 Å². The first-order valence-electron chi connectivity index (χ1n) is 13.6. The van der Waals surface area contributed by atoms with Gasteiger partial charge in [0.15, 0.2) is 0 Å². The summed E-state index contributed by atoms with van der Waals surface area (Å²) in [6, 6.07) is -1.19. The first kappa shape index (κ1) is 28.8. The number of hydrogen-bond donors (Lipinski definition) is 1. The minimum absolute atomic E-state index is 0.0251. The van der Waals surface area contributed by atoms with Gasteiger partial charge in [-0.2, -0.15) is 0 Å². The Bertz CT molecular complexity index is 833. The van der Waals surface area contributed by atoms with Crippen molar-refractivity contribution in [2.24, 2.45) is 17.8 Å². The molecule has 0 aliphatic carbocycles. The summed E-state index contributed by atoms with van der Waals surface area (Å²) in [5, 5.41) is 10.3. The van der Waals surface area contributed by atoms with E-state index in [2.05, 4.69) is 20.1 Å². The first-order valence-corrected chi connectivity index (χ1v) is 14.4. The van der Waals surface area contributed by atoms with Gasteiger partial charge in [0, 0.05) is 18.3 Å². The molecule has 7 nitrogen and oxygen atoms in total. The van der Waals surface area contributed by atoms with Crippen LogP contribution in [0.2, 0.25) is 0 Å². The lowest BCUT2D eigenvalue weighted by Gasteiger charge is -2.40. The molecule has 0 radical (unpaired) electrons. The van der Waals surface area contributed by atoms with E-state index in [1.807, 2.05) is 18.7 Å². The molecule has 1 spiro atoms. The normalized spacial score (nSPS) is 29.4. The van der Waals surface area contributed by atoms with Crippen LogP contribution in [-0.2, 0) is 19.1 Å². The molecule has 3 fully saturated rings. The van der Waals surface area contributed by atoms with Gasteiger partial charge in [0.25, 0.3) is 0 Å². The van der Waals surface area contributed by atoms with Crippen LogP contribution in [0.4, 0.5) is 0 Å². The number of nitrogens with zero attached hydrogens (tertiary/aromatic N) is 2. The third-order valence-electron chi connectivity index (χ3n) is 8.05. The number of carbonyl (C=O) groups excluding carboxylic acids is 3. The average molecular weight is 521 g/mol. The molecule has 2 amide bonds. The Hall–Kier alpha value is -1.80. The predicted molar refractivity (Wildman–Crippen MR) is 143 cm³/mol. The Balaban J connectivity index is 1.97. The van der Waals surface area contributed by atoms with Crippen LogP contribution < -0.4 is 0 Å². The van der Waals surface area contributed by atoms with E-state index in [9.17, 15) is 19.5 Å². The summed E-state index contributed by atoms with van der Waals surface area (Å²) in [6.45, 7) is 14.7. The monoisotopic (exact) mass is 520 g/mol. The molecular formula is C28H44N2O5S. The topological polar surface area (TPSA) is 87.2 Å². The molecule has 2 unspecified atom stereocenters. The third kappa shape index (κ3) is 5.26. The molecule has 2 bridgehead atoms. The lowest BCUT2D eigenvalue weighted by atomic mass is 9.71. The van der Waals surface area contributed by atoms with Crippen molar-refractivity contribution in [3.8, 4) is 0 Å². The zero-order chi connectivity index (χ0) is 26.5. The van der Waals surface area contributed by atoms with Gasteiger partial charge in [-0.15, -0.1) is 24.9 Å². The van der Waals surface area contributed by atoms with E-state index in [1.54, 1.807) is 28.8 Å². The molecule has 36 heavy (non-hydrogen) atoms. The zero-order valence-electron chi connectivity index (χ0n) is 22.2. The van der Waals surface area contributed by atoms with Crippen molar-refractivity contribution in [2.45, 2.75) is 87.8 Å². The van der Waals surface area contributed by atoms with Crippen LogP contribution in [0, 0.1) is 17.8 Å². The van der Waals surface area contributed by atoms with Crippen molar-refractivity contribution in [1.29, 1.82) is 0 Å². The Morgan fingerprint density at radius 2 is 2.03 bits per heavy atom. The van der Waals surface area contributed by atoms with Gasteiger partial charge in [-0.25, -0.2) is 0 Å². The minimum atomic E-state index is -0.704. The Morgan fingerprint density at radius 1 is 1.28 bits per heavy atom. The summed E-state index contributed by atoms with van der Waals surface area (Å²) in [7, 11) is 0. The van der Waals surface area contributed by atoms with Gasteiger partial charge in [0.05, 0.1) is 35.8 Å². The smallest absolute Gasteiger partial charge is 0.310 e. The molecule has 0 aromatic heterocycles. The summed E-state index contributed by atoms with van der Waals surface area (Å²) in [5.41, 5.74) is 0. The molecule has 8 heteroatoms. The second-order valence-corrected chi connectivity index (χ2v) is 12.3. The van der Waals surface area contributed by atoms with Crippen LogP contribution in [0.1, 0.15) is 65.7 Å². The fourth-order valence-electron chi connectivity index (χ4n) is 6.29. The summed E-state index contributed by atoms with van der Waals surface area (Å²) in [5.74, 6) is -1.80. The highest BCUT2D eigenvalue weighted by molar-refractivity contribution is 8.02. The molecular weight excluding hydrogens is 476 g/mol. The summed E-state index contributed by atoms with van der Waals surface area (Å²) >= 11 is 1.64. The molecule has 3 aliphatic heterocycles. The van der Waals surface area contributed by atoms with Crippen molar-refractivity contribution < 1.29 is 24.2 Å². The number of likely N-dealkylation sites (tertiary alicyclic amines) is 1. The number of carbonyl (C=O) groups is 3. The van der Waals surface area contributed by atoms with E-state index in [0.717, 1.165) is 32.1 Å². The van der Waals surface area contributed by atoms with Crippen molar-refractivity contribution in [2.75, 3.05) is 26.3 Å². The Morgan fingerprint density at radius 3 is 2.64 bits per heavy atom. The molecule has 0 aromatic rings. The number of fused-ring (bicyclic) bond motifs is 1. The molecule has 202 valence electrons. The van der Waals surface area contributed by atoms with E-state index in [1.165, 1.54) is 0 Å². The predicted octanol–water partition coefficient (Wildman–Crippen LogP) is 3.81. The summed E-state index contributed by atoms with van der Waals surface area (Å²) in [4.78, 5) is 45.1. The van der Waals surface area contributed by atoms with Crippen LogP contribution in [0.25, 0.3) is 0 Å². The van der Waals surface area contributed by atoms with E-state index in [4.69, 9.17) is 4.74 Å². The van der Waals surface area contributed by atoms with Gasteiger partial charge in [-0.1, -0.05) is 45.8 Å². The highest BCUT2D eigenvalue weighted by Crippen LogP contribution is 2.67. The molecule has 1 N–H and O–H groups in total. The number of rotatable bonds is 15. The van der Waals surface area contributed by atoms with Gasteiger partial charge >= 0.3 is 5.97 Å². The van der Waals surface area contributed by atoms with Crippen LogP contribution in [0.3, 0.4) is 0 Å². The minimum Gasteiger partial charge on any atom is -0.465 e. The number of aliphatic hydroxyl groups is 1. The number of hydrogen-bond acceptors (Lipinski definition) is 6. The molecule has 3 aliphatic rings. The lowest BCUT2D eigenvalue weighted by molar-refractivity contribution is -0.155. The van der Waals surface area contributed by atoms with Crippen LogP contribution in [0.5, 0.6) is 0 Å².